The van der Waals surface area contributed by atoms with Crippen LogP contribution in [0.1, 0.15) is 35.2 Å². The molecule has 2 heterocycles. The van der Waals surface area contributed by atoms with E-state index in [1.165, 1.54) is 12.0 Å². The fourth-order valence-electron chi connectivity index (χ4n) is 2.95. The van der Waals surface area contributed by atoms with Crippen LogP contribution < -0.4 is 10.6 Å². The van der Waals surface area contributed by atoms with Crippen LogP contribution in [0, 0.1) is 6.92 Å². The predicted molar refractivity (Wildman–Crippen MR) is 93.6 cm³/mol. The number of halogens is 3. The van der Waals surface area contributed by atoms with E-state index < -0.39 is 18.7 Å². The second-order valence-electron chi connectivity index (χ2n) is 6.35. The number of nitrogens with one attached hydrogen (secondary N) is 2. The summed E-state index contributed by atoms with van der Waals surface area (Å²) >= 11 is 0. The van der Waals surface area contributed by atoms with Crippen LogP contribution in [0.25, 0.3) is 0 Å². The highest BCUT2D eigenvalue weighted by Gasteiger charge is 2.34. The summed E-state index contributed by atoms with van der Waals surface area (Å²) in [7, 11) is 1.30. The highest BCUT2D eigenvalue weighted by atomic mass is 19.4. The zero-order valence-electron chi connectivity index (χ0n) is 15.7. The third-order valence-corrected chi connectivity index (χ3v) is 4.13. The number of guanidine groups is 1. The predicted octanol–water partition coefficient (Wildman–Crippen LogP) is 2.07. The minimum Gasteiger partial charge on any atom is -0.465 e. The van der Waals surface area contributed by atoms with E-state index in [1.54, 1.807) is 13.0 Å². The summed E-state index contributed by atoms with van der Waals surface area (Å²) in [6.07, 6.45) is -3.59. The Morgan fingerprint density at radius 2 is 2.22 bits per heavy atom. The number of furan rings is 1. The van der Waals surface area contributed by atoms with Gasteiger partial charge in [-0.25, -0.2) is 9.79 Å². The minimum absolute atomic E-state index is 0.117. The van der Waals surface area contributed by atoms with Gasteiger partial charge in [-0.05, 0) is 26.3 Å². The fraction of sp³-hybridized carbons (Fsp3) is 0.647. The van der Waals surface area contributed by atoms with Gasteiger partial charge in [-0.2, -0.15) is 13.2 Å². The molecule has 10 heteroatoms. The summed E-state index contributed by atoms with van der Waals surface area (Å²) in [6, 6.07) is 1.46. The summed E-state index contributed by atoms with van der Waals surface area (Å²) in [5.41, 5.74) is 0.347. The topological polar surface area (TPSA) is 79.1 Å². The Kier molecular flexibility index (Phi) is 7.11. The van der Waals surface area contributed by atoms with Gasteiger partial charge in [0.1, 0.15) is 23.6 Å². The molecule has 1 unspecified atom stereocenters. The number of aliphatic imine (C=N–C) groups is 1. The maximum absolute atomic E-state index is 12.5. The number of esters is 1. The molecule has 152 valence electrons. The number of aryl methyl sites for hydroxylation is 1. The van der Waals surface area contributed by atoms with Crippen molar-refractivity contribution in [2.24, 2.45) is 4.99 Å². The molecule has 0 aromatic carbocycles. The summed E-state index contributed by atoms with van der Waals surface area (Å²) in [5, 5.41) is 6.22. The largest absolute Gasteiger partial charge is 0.465 e. The zero-order chi connectivity index (χ0) is 20.0. The second-order valence-corrected chi connectivity index (χ2v) is 6.35. The molecule has 1 aromatic rings. The van der Waals surface area contributed by atoms with Crippen LogP contribution in [0.4, 0.5) is 13.2 Å². The molecule has 0 amide bonds. The summed E-state index contributed by atoms with van der Waals surface area (Å²) in [6.45, 7) is 4.14. The molecule has 2 N–H and O–H groups in total. The number of methoxy groups -OCH3 is 1. The molecule has 0 radical (unpaired) electrons. The van der Waals surface area contributed by atoms with E-state index in [-0.39, 0.29) is 12.6 Å². The highest BCUT2D eigenvalue weighted by Crippen LogP contribution is 2.20. The molecule has 7 nitrogen and oxygen atoms in total. The smallest absolute Gasteiger partial charge is 0.401 e. The van der Waals surface area contributed by atoms with Crippen LogP contribution in [-0.2, 0) is 11.3 Å². The van der Waals surface area contributed by atoms with E-state index in [0.717, 1.165) is 0 Å². The van der Waals surface area contributed by atoms with Crippen LogP contribution in [0.3, 0.4) is 0 Å². The van der Waals surface area contributed by atoms with Gasteiger partial charge in [0.05, 0.1) is 13.7 Å². The normalized spacial score (nSPS) is 18.6. The molecule has 1 fully saturated rings. The number of likely N-dealkylation sites (tertiary alicyclic amines) is 1. The molecule has 1 aliphatic rings. The molecule has 0 saturated carbocycles. The molecular formula is C17H25F3N4O3. The molecule has 2 rings (SSSR count). The van der Waals surface area contributed by atoms with E-state index in [1.807, 2.05) is 6.92 Å². The van der Waals surface area contributed by atoms with Gasteiger partial charge >= 0.3 is 12.1 Å². The van der Waals surface area contributed by atoms with Crippen LogP contribution >= 0.6 is 0 Å². The molecule has 1 atom stereocenters. The number of alkyl halides is 3. The first-order valence-electron chi connectivity index (χ1n) is 8.73. The molecule has 0 bridgehead atoms. The van der Waals surface area contributed by atoms with Crippen molar-refractivity contribution >= 4 is 11.9 Å². The number of carbonyl (C=O) groups is 1. The molecule has 1 saturated heterocycles. The first-order valence-corrected chi connectivity index (χ1v) is 8.73. The number of carbonyl (C=O) groups excluding carboxylic acids is 1. The number of nitrogens with zero attached hydrogens (tertiary/aromatic N) is 2. The number of hydrogen-bond donors (Lipinski definition) is 2. The number of rotatable bonds is 6. The Hall–Kier alpha value is -2.23. The zero-order valence-corrected chi connectivity index (χ0v) is 15.7. The lowest BCUT2D eigenvalue weighted by molar-refractivity contribution is -0.143. The van der Waals surface area contributed by atoms with Crippen molar-refractivity contribution < 1.29 is 27.1 Å². The third-order valence-electron chi connectivity index (χ3n) is 4.13. The summed E-state index contributed by atoms with van der Waals surface area (Å²) < 4.78 is 47.7. The lowest BCUT2D eigenvalue weighted by atomic mass is 10.2. The maximum atomic E-state index is 12.5. The van der Waals surface area contributed by atoms with E-state index in [2.05, 4.69) is 20.4 Å². The fourth-order valence-corrected chi connectivity index (χ4v) is 2.95. The maximum Gasteiger partial charge on any atom is 0.401 e. The number of ether oxygens (including phenoxy) is 1. The first-order chi connectivity index (χ1) is 12.7. The Morgan fingerprint density at radius 3 is 2.85 bits per heavy atom. The molecule has 0 spiro atoms. The van der Waals surface area contributed by atoms with Crippen molar-refractivity contribution in [2.75, 3.05) is 33.3 Å². The van der Waals surface area contributed by atoms with Crippen molar-refractivity contribution in [3.63, 3.8) is 0 Å². The van der Waals surface area contributed by atoms with Crippen molar-refractivity contribution in [1.29, 1.82) is 0 Å². The van der Waals surface area contributed by atoms with Gasteiger partial charge in [-0.1, -0.05) is 0 Å². The lowest BCUT2D eigenvalue weighted by Gasteiger charge is -2.19. The van der Waals surface area contributed by atoms with E-state index in [0.29, 0.717) is 49.1 Å². The van der Waals surface area contributed by atoms with Crippen LogP contribution in [0.5, 0.6) is 0 Å². The van der Waals surface area contributed by atoms with Crippen molar-refractivity contribution in [3.8, 4) is 0 Å². The molecular weight excluding hydrogens is 365 g/mol. The summed E-state index contributed by atoms with van der Waals surface area (Å²) in [5.74, 6) is 0.955. The Morgan fingerprint density at radius 1 is 1.48 bits per heavy atom. The molecule has 0 aliphatic carbocycles. The SMILES string of the molecule is CCNC(=NCc1cc(C(=O)OC)c(C)o1)NC1CCN(CC(F)(F)F)C1. The van der Waals surface area contributed by atoms with Gasteiger partial charge in [0, 0.05) is 25.7 Å². The summed E-state index contributed by atoms with van der Waals surface area (Å²) in [4.78, 5) is 17.4. The van der Waals surface area contributed by atoms with Crippen LogP contribution in [0.15, 0.2) is 15.5 Å². The van der Waals surface area contributed by atoms with E-state index >= 15 is 0 Å². The first kappa shape index (κ1) is 21.1. The van der Waals surface area contributed by atoms with Gasteiger partial charge in [-0.3, -0.25) is 4.90 Å². The molecule has 27 heavy (non-hydrogen) atoms. The van der Waals surface area contributed by atoms with Crippen molar-refractivity contribution in [1.82, 2.24) is 15.5 Å². The quantitative estimate of drug-likeness (QED) is 0.440. The van der Waals surface area contributed by atoms with Crippen LogP contribution in [0.2, 0.25) is 0 Å². The number of hydrogen-bond acceptors (Lipinski definition) is 5. The molecule has 1 aliphatic heterocycles. The van der Waals surface area contributed by atoms with E-state index in [9.17, 15) is 18.0 Å². The Bertz CT molecular complexity index is 673. The monoisotopic (exact) mass is 390 g/mol. The Labute approximate surface area is 155 Å². The van der Waals surface area contributed by atoms with Crippen LogP contribution in [-0.4, -0.2) is 62.3 Å². The third kappa shape index (κ3) is 6.46. The van der Waals surface area contributed by atoms with Gasteiger partial charge in [-0.15, -0.1) is 0 Å². The Balaban J connectivity index is 1.96. The average Bonchev–Trinajstić information content (AvgIpc) is 3.17. The minimum atomic E-state index is -4.19. The van der Waals surface area contributed by atoms with Gasteiger partial charge in [0.15, 0.2) is 5.96 Å². The lowest BCUT2D eigenvalue weighted by Crippen LogP contribution is -2.45. The second kappa shape index (κ2) is 9.12. The van der Waals surface area contributed by atoms with E-state index in [4.69, 9.17) is 4.42 Å². The standard InChI is InChI=1S/C17H25F3N4O3/c1-4-21-16(23-12-5-6-24(9-12)10-17(18,19)20)22-8-13-7-14(11(2)27-13)15(25)26-3/h7,12H,4-6,8-10H2,1-3H3,(H2,21,22,23). The van der Waals surface area contributed by atoms with Gasteiger partial charge in [0.25, 0.3) is 0 Å². The average molecular weight is 390 g/mol. The molecule has 1 aromatic heterocycles. The van der Waals surface area contributed by atoms with Gasteiger partial charge < -0.3 is 19.8 Å². The van der Waals surface area contributed by atoms with Crippen molar-refractivity contribution in [3.05, 3.63) is 23.2 Å². The van der Waals surface area contributed by atoms with Crippen molar-refractivity contribution in [2.45, 2.75) is 39.0 Å². The van der Waals surface area contributed by atoms with Gasteiger partial charge in [0.2, 0.25) is 0 Å². The highest BCUT2D eigenvalue weighted by molar-refractivity contribution is 5.90.